The summed E-state index contributed by atoms with van der Waals surface area (Å²) in [6.45, 7) is 19.5. The molecule has 0 aliphatic carbocycles. The summed E-state index contributed by atoms with van der Waals surface area (Å²) in [7, 11) is 0. The Balaban J connectivity index is 1.66. The first kappa shape index (κ1) is 26.4. The van der Waals surface area contributed by atoms with Crippen LogP contribution in [0, 0.1) is 62.3 Å². The van der Waals surface area contributed by atoms with E-state index in [9.17, 15) is 4.79 Å². The molecule has 37 heavy (non-hydrogen) atoms. The quantitative estimate of drug-likeness (QED) is 0.430. The smallest absolute Gasteiger partial charge is 0.240 e. The zero-order valence-electron chi connectivity index (χ0n) is 23.6. The van der Waals surface area contributed by atoms with Gasteiger partial charge < -0.3 is 5.32 Å². The van der Waals surface area contributed by atoms with Gasteiger partial charge in [0.15, 0.2) is 0 Å². The van der Waals surface area contributed by atoms with Gasteiger partial charge in [-0.3, -0.25) is 15.1 Å². The molecule has 1 saturated heterocycles. The van der Waals surface area contributed by atoms with Gasteiger partial charge >= 0.3 is 0 Å². The molecule has 0 radical (unpaired) electrons. The molecule has 2 N–H and O–H groups in total. The molecule has 0 unspecified atom stereocenters. The van der Waals surface area contributed by atoms with Gasteiger partial charge in [-0.25, -0.2) is 4.99 Å². The number of carbonyl (C=O) groups excluding carboxylic acids is 1. The average Bonchev–Trinajstić information content (AvgIpc) is 3.14. The Bertz CT molecular complexity index is 1340. The molecule has 0 bridgehead atoms. The predicted octanol–water partition coefficient (Wildman–Crippen LogP) is 6.37. The van der Waals surface area contributed by atoms with Gasteiger partial charge in [-0.1, -0.05) is 53.1 Å². The lowest BCUT2D eigenvalue weighted by molar-refractivity contribution is -0.117. The van der Waals surface area contributed by atoms with Crippen LogP contribution in [0.5, 0.6) is 0 Å². The number of aryl methyl sites for hydroxylation is 9. The zero-order valence-corrected chi connectivity index (χ0v) is 23.6. The van der Waals surface area contributed by atoms with Gasteiger partial charge in [-0.05, 0) is 95.7 Å². The minimum atomic E-state index is -0.0659. The van der Waals surface area contributed by atoms with Gasteiger partial charge in [-0.2, -0.15) is 5.01 Å². The fourth-order valence-electron chi connectivity index (χ4n) is 5.61. The molecule has 3 aromatic rings. The van der Waals surface area contributed by atoms with Crippen LogP contribution in [0.4, 0.5) is 17.1 Å². The van der Waals surface area contributed by atoms with E-state index in [2.05, 4.69) is 101 Å². The molecule has 0 saturated carbocycles. The highest BCUT2D eigenvalue weighted by atomic mass is 16.2. The highest BCUT2D eigenvalue weighted by molar-refractivity contribution is 6.01. The van der Waals surface area contributed by atoms with Gasteiger partial charge in [0, 0.05) is 5.69 Å². The maximum Gasteiger partial charge on any atom is 0.240 e. The largest absolute Gasteiger partial charge is 0.324 e. The van der Waals surface area contributed by atoms with E-state index >= 15 is 0 Å². The number of benzene rings is 3. The fraction of sp³-hybridized carbons (Fsp3) is 0.355. The van der Waals surface area contributed by atoms with Crippen LogP contribution in [0.2, 0.25) is 0 Å². The fourth-order valence-corrected chi connectivity index (χ4v) is 5.61. The van der Waals surface area contributed by atoms with Crippen molar-refractivity contribution < 1.29 is 4.79 Å². The SMILES string of the molecule is Cc1cc(C)c(N=C2NN(CC(=O)Nc3c(C)cc(C)cc3C)CN2c2c(C)cc(C)cc2C)c(C)c1. The number of nitrogens with zero attached hydrogens (tertiary/aromatic N) is 3. The van der Waals surface area contributed by atoms with E-state index < -0.39 is 0 Å². The lowest BCUT2D eigenvalue weighted by Gasteiger charge is -2.23. The number of carbonyl (C=O) groups is 1. The van der Waals surface area contributed by atoms with Gasteiger partial charge in [-0.15, -0.1) is 0 Å². The summed E-state index contributed by atoms with van der Waals surface area (Å²) in [5, 5.41) is 5.05. The highest BCUT2D eigenvalue weighted by Crippen LogP contribution is 2.31. The van der Waals surface area contributed by atoms with Crippen molar-refractivity contribution in [3.63, 3.8) is 0 Å². The summed E-state index contributed by atoms with van der Waals surface area (Å²) in [5.74, 6) is 0.657. The third-order valence-corrected chi connectivity index (χ3v) is 6.86. The Labute approximate surface area is 221 Å². The second-order valence-electron chi connectivity index (χ2n) is 10.6. The van der Waals surface area contributed by atoms with Crippen molar-refractivity contribution in [2.45, 2.75) is 62.3 Å². The molecule has 1 aliphatic heterocycles. The van der Waals surface area contributed by atoms with E-state index in [-0.39, 0.29) is 12.5 Å². The normalized spacial score (nSPS) is 14.8. The molecule has 1 aliphatic rings. The van der Waals surface area contributed by atoms with Crippen LogP contribution in [-0.4, -0.2) is 30.1 Å². The van der Waals surface area contributed by atoms with Gasteiger partial charge in [0.25, 0.3) is 0 Å². The number of hydrogen-bond donors (Lipinski definition) is 2. The molecule has 0 atom stereocenters. The van der Waals surface area contributed by atoms with Crippen LogP contribution in [0.15, 0.2) is 41.4 Å². The summed E-state index contributed by atoms with van der Waals surface area (Å²) in [6.07, 6.45) is 0. The van der Waals surface area contributed by atoms with Crippen LogP contribution in [0.3, 0.4) is 0 Å². The number of nitrogens with one attached hydrogen (secondary N) is 2. The summed E-state index contributed by atoms with van der Waals surface area (Å²) in [6, 6.07) is 12.9. The zero-order chi connectivity index (χ0) is 27.0. The van der Waals surface area contributed by atoms with Crippen molar-refractivity contribution in [3.8, 4) is 0 Å². The summed E-state index contributed by atoms with van der Waals surface area (Å²) >= 11 is 0. The lowest BCUT2D eigenvalue weighted by Crippen LogP contribution is -2.39. The topological polar surface area (TPSA) is 60.0 Å². The van der Waals surface area contributed by atoms with Crippen molar-refractivity contribution in [1.29, 1.82) is 0 Å². The van der Waals surface area contributed by atoms with E-state index in [1.165, 1.54) is 27.8 Å². The van der Waals surface area contributed by atoms with Gasteiger partial charge in [0.05, 0.1) is 24.6 Å². The van der Waals surface area contributed by atoms with Crippen molar-refractivity contribution in [1.82, 2.24) is 10.4 Å². The monoisotopic (exact) mass is 497 g/mol. The lowest BCUT2D eigenvalue weighted by atomic mass is 10.0. The molecule has 4 rings (SSSR count). The second-order valence-corrected chi connectivity index (χ2v) is 10.6. The molecule has 194 valence electrons. The standard InChI is InChI=1S/C31H39N5O/c1-18-10-21(4)28(22(5)11-18)32-27(37)16-35-17-36(30-25(8)14-20(3)15-26(30)9)31(34-35)33-29-23(6)12-19(2)13-24(29)7/h10-15H,16-17H2,1-9H3,(H,32,37)(H,33,34). The van der Waals surface area contributed by atoms with Crippen molar-refractivity contribution in [3.05, 3.63) is 86.5 Å². The Morgan fingerprint density at radius 1 is 0.757 bits per heavy atom. The molecule has 6 nitrogen and oxygen atoms in total. The third kappa shape index (κ3) is 5.70. The van der Waals surface area contributed by atoms with Crippen LogP contribution in [-0.2, 0) is 4.79 Å². The molecule has 6 heteroatoms. The van der Waals surface area contributed by atoms with E-state index in [0.717, 1.165) is 45.3 Å². The molecule has 1 fully saturated rings. The van der Waals surface area contributed by atoms with E-state index in [4.69, 9.17) is 4.99 Å². The summed E-state index contributed by atoms with van der Waals surface area (Å²) < 4.78 is 0. The van der Waals surface area contributed by atoms with E-state index in [0.29, 0.717) is 6.67 Å². The predicted molar refractivity (Wildman–Crippen MR) is 155 cm³/mol. The average molecular weight is 498 g/mol. The first-order chi connectivity index (χ1) is 17.4. The number of anilines is 2. The Morgan fingerprint density at radius 3 is 1.73 bits per heavy atom. The molecular formula is C31H39N5O. The minimum Gasteiger partial charge on any atom is -0.324 e. The maximum atomic E-state index is 13.1. The number of amides is 1. The van der Waals surface area contributed by atoms with Crippen LogP contribution in [0.1, 0.15) is 50.1 Å². The number of hydrogen-bond acceptors (Lipinski definition) is 3. The van der Waals surface area contributed by atoms with Crippen LogP contribution in [0.25, 0.3) is 0 Å². The minimum absolute atomic E-state index is 0.0659. The molecule has 3 aromatic carbocycles. The first-order valence-corrected chi connectivity index (χ1v) is 12.8. The number of rotatable bonds is 5. The first-order valence-electron chi connectivity index (χ1n) is 12.8. The van der Waals surface area contributed by atoms with Crippen molar-refractivity contribution in [2.75, 3.05) is 23.4 Å². The van der Waals surface area contributed by atoms with Crippen LogP contribution < -0.4 is 15.6 Å². The summed E-state index contributed by atoms with van der Waals surface area (Å²) in [4.78, 5) is 20.4. The highest BCUT2D eigenvalue weighted by Gasteiger charge is 2.30. The maximum absolute atomic E-state index is 13.1. The molecule has 1 heterocycles. The summed E-state index contributed by atoms with van der Waals surface area (Å²) in [5.41, 5.74) is 16.8. The van der Waals surface area contributed by atoms with Crippen molar-refractivity contribution in [2.24, 2.45) is 4.99 Å². The van der Waals surface area contributed by atoms with E-state index in [1.54, 1.807) is 0 Å². The molecule has 0 spiro atoms. The number of guanidine groups is 1. The van der Waals surface area contributed by atoms with E-state index in [1.807, 2.05) is 18.9 Å². The number of aliphatic imine (C=N–C) groups is 1. The Morgan fingerprint density at radius 2 is 1.22 bits per heavy atom. The van der Waals surface area contributed by atoms with Gasteiger partial charge in [0.2, 0.25) is 11.9 Å². The second kappa shape index (κ2) is 10.4. The molecule has 0 aromatic heterocycles. The van der Waals surface area contributed by atoms with Crippen LogP contribution >= 0.6 is 0 Å². The van der Waals surface area contributed by atoms with Gasteiger partial charge in [0.1, 0.15) is 0 Å². The molecular weight excluding hydrogens is 458 g/mol. The molecule has 1 amide bonds. The number of hydrazine groups is 1. The third-order valence-electron chi connectivity index (χ3n) is 6.86. The van der Waals surface area contributed by atoms with Crippen molar-refractivity contribution >= 4 is 28.9 Å². The Hall–Kier alpha value is -3.64. The Kier molecular flexibility index (Phi) is 7.42.